The zero-order valence-electron chi connectivity index (χ0n) is 11.9. The van der Waals surface area contributed by atoms with Gasteiger partial charge in [-0.1, -0.05) is 46.5 Å². The maximum Gasteiger partial charge on any atom is 0.484 e. The molecule has 0 aliphatic carbocycles. The van der Waals surface area contributed by atoms with Crippen molar-refractivity contribution < 1.29 is 13.3 Å². The van der Waals surface area contributed by atoms with E-state index >= 15 is 0 Å². The van der Waals surface area contributed by atoms with Crippen molar-refractivity contribution in [1.82, 2.24) is 0 Å². The summed E-state index contributed by atoms with van der Waals surface area (Å²) in [4.78, 5) is 0. The van der Waals surface area contributed by atoms with Crippen molar-refractivity contribution in [3.63, 3.8) is 0 Å². The summed E-state index contributed by atoms with van der Waals surface area (Å²) in [7, 11) is -1.84. The Morgan fingerprint density at radius 3 is 1.47 bits per heavy atom. The van der Waals surface area contributed by atoms with Gasteiger partial charge in [0.2, 0.25) is 0 Å². The molecule has 0 aliphatic heterocycles. The molecule has 0 aromatic heterocycles. The lowest BCUT2D eigenvalue weighted by atomic mass is 10.3. The molecule has 0 amide bonds. The minimum atomic E-state index is -1.84. The summed E-state index contributed by atoms with van der Waals surface area (Å²) in [6.07, 6.45) is 8.17. The molecule has 17 heavy (non-hydrogen) atoms. The smallest absolute Gasteiger partial charge is 0.376 e. The lowest BCUT2D eigenvalue weighted by molar-refractivity contribution is 0.0903. The molecule has 0 heterocycles. The van der Waals surface area contributed by atoms with Crippen molar-refractivity contribution in [2.45, 2.75) is 65.7 Å². The molecule has 0 fully saturated rings. The Hall–Kier alpha value is 0.0969. The van der Waals surface area contributed by atoms with Crippen molar-refractivity contribution in [2.75, 3.05) is 19.8 Å². The fourth-order valence-electron chi connectivity index (χ4n) is 1.42. The summed E-state index contributed by atoms with van der Waals surface area (Å²) in [5.41, 5.74) is 0. The Labute approximate surface area is 109 Å². The lowest BCUT2D eigenvalue weighted by Crippen LogP contribution is -2.28. The molecule has 0 saturated carbocycles. The molecule has 0 N–H and O–H groups in total. The maximum absolute atomic E-state index is 5.72. The summed E-state index contributed by atoms with van der Waals surface area (Å²) in [5.74, 6) is 0. The van der Waals surface area contributed by atoms with Crippen LogP contribution in [0.3, 0.4) is 0 Å². The second kappa shape index (κ2) is 14.2. The molecule has 0 aromatic rings. The molecular formula is C13H30O3Si. The number of hydrogen-bond donors (Lipinski definition) is 0. The number of rotatable bonds is 13. The van der Waals surface area contributed by atoms with Gasteiger partial charge >= 0.3 is 9.53 Å². The van der Waals surface area contributed by atoms with Gasteiger partial charge in [0, 0.05) is 19.8 Å². The summed E-state index contributed by atoms with van der Waals surface area (Å²) in [6, 6.07) is 0. The maximum atomic E-state index is 5.72. The first-order valence-electron chi connectivity index (χ1n) is 7.19. The molecular weight excluding hydrogens is 232 g/mol. The molecule has 0 aromatic carbocycles. The van der Waals surface area contributed by atoms with E-state index in [4.69, 9.17) is 13.3 Å². The molecule has 0 atom stereocenters. The fraction of sp³-hybridized carbons (Fsp3) is 1.00. The van der Waals surface area contributed by atoms with Crippen LogP contribution in [0.2, 0.25) is 0 Å². The topological polar surface area (TPSA) is 27.7 Å². The highest BCUT2D eigenvalue weighted by Gasteiger charge is 2.14. The van der Waals surface area contributed by atoms with E-state index in [1.807, 2.05) is 0 Å². The van der Waals surface area contributed by atoms with E-state index in [1.165, 1.54) is 25.7 Å². The SMILES string of the molecule is CCCCCO[SiH](OCCC)OCCCCC. The van der Waals surface area contributed by atoms with E-state index in [-0.39, 0.29) is 0 Å². The van der Waals surface area contributed by atoms with E-state index < -0.39 is 9.53 Å². The largest absolute Gasteiger partial charge is 0.484 e. The van der Waals surface area contributed by atoms with Crippen LogP contribution in [0.1, 0.15) is 65.7 Å². The first-order valence-corrected chi connectivity index (χ1v) is 8.61. The van der Waals surface area contributed by atoms with Crippen LogP contribution in [-0.2, 0) is 13.3 Å². The van der Waals surface area contributed by atoms with Crippen LogP contribution in [0.25, 0.3) is 0 Å². The average molecular weight is 262 g/mol. The molecule has 0 aliphatic rings. The Morgan fingerprint density at radius 1 is 0.588 bits per heavy atom. The first kappa shape index (κ1) is 17.1. The Balaban J connectivity index is 3.56. The third-order valence-electron chi connectivity index (χ3n) is 2.46. The molecule has 3 nitrogen and oxygen atoms in total. The van der Waals surface area contributed by atoms with Crippen LogP contribution in [0.5, 0.6) is 0 Å². The van der Waals surface area contributed by atoms with Gasteiger partial charge in [0.25, 0.3) is 0 Å². The lowest BCUT2D eigenvalue weighted by Gasteiger charge is -2.16. The van der Waals surface area contributed by atoms with Gasteiger partial charge in [0.05, 0.1) is 0 Å². The van der Waals surface area contributed by atoms with E-state index in [2.05, 4.69) is 20.8 Å². The number of hydrogen-bond acceptors (Lipinski definition) is 3. The van der Waals surface area contributed by atoms with E-state index in [0.29, 0.717) is 0 Å². The molecule has 104 valence electrons. The van der Waals surface area contributed by atoms with Crippen molar-refractivity contribution in [2.24, 2.45) is 0 Å². The zero-order chi connectivity index (χ0) is 12.8. The second-order valence-electron chi connectivity index (χ2n) is 4.32. The predicted molar refractivity (Wildman–Crippen MR) is 74.3 cm³/mol. The van der Waals surface area contributed by atoms with Gasteiger partial charge in [0.1, 0.15) is 0 Å². The summed E-state index contributed by atoms with van der Waals surface area (Å²) in [6.45, 7) is 8.86. The molecule has 0 bridgehead atoms. The molecule has 0 radical (unpaired) electrons. The third-order valence-corrected chi connectivity index (χ3v) is 3.99. The van der Waals surface area contributed by atoms with E-state index in [0.717, 1.165) is 39.1 Å². The molecule has 0 unspecified atom stereocenters. The normalized spacial score (nSPS) is 11.3. The van der Waals surface area contributed by atoms with Crippen LogP contribution in [0, 0.1) is 0 Å². The van der Waals surface area contributed by atoms with Gasteiger partial charge < -0.3 is 13.3 Å². The Morgan fingerprint density at radius 2 is 1.06 bits per heavy atom. The van der Waals surface area contributed by atoms with Crippen LogP contribution in [0.15, 0.2) is 0 Å². The molecule has 0 saturated heterocycles. The van der Waals surface area contributed by atoms with Crippen molar-refractivity contribution >= 4 is 9.53 Å². The van der Waals surface area contributed by atoms with E-state index in [1.54, 1.807) is 0 Å². The Bertz CT molecular complexity index is 133. The quantitative estimate of drug-likeness (QED) is 0.375. The van der Waals surface area contributed by atoms with Crippen molar-refractivity contribution in [1.29, 1.82) is 0 Å². The van der Waals surface area contributed by atoms with Crippen LogP contribution < -0.4 is 0 Å². The van der Waals surface area contributed by atoms with Gasteiger partial charge in [-0.15, -0.1) is 0 Å². The highest BCUT2D eigenvalue weighted by molar-refractivity contribution is 6.36. The first-order chi connectivity index (χ1) is 8.35. The summed E-state index contributed by atoms with van der Waals surface area (Å²) >= 11 is 0. The van der Waals surface area contributed by atoms with Gasteiger partial charge in [-0.25, -0.2) is 0 Å². The summed E-state index contributed by atoms with van der Waals surface area (Å²) in [5, 5.41) is 0. The van der Waals surface area contributed by atoms with Gasteiger partial charge in [-0.2, -0.15) is 0 Å². The highest BCUT2D eigenvalue weighted by atomic mass is 28.3. The minimum Gasteiger partial charge on any atom is -0.376 e. The third kappa shape index (κ3) is 12.3. The van der Waals surface area contributed by atoms with Crippen LogP contribution >= 0.6 is 0 Å². The van der Waals surface area contributed by atoms with E-state index in [9.17, 15) is 0 Å². The molecule has 0 rings (SSSR count). The van der Waals surface area contributed by atoms with Gasteiger partial charge in [-0.05, 0) is 19.3 Å². The monoisotopic (exact) mass is 262 g/mol. The fourth-order valence-corrected chi connectivity index (χ4v) is 2.86. The number of unbranched alkanes of at least 4 members (excludes halogenated alkanes) is 4. The second-order valence-corrected chi connectivity index (χ2v) is 5.89. The van der Waals surface area contributed by atoms with Crippen LogP contribution in [-0.4, -0.2) is 29.3 Å². The van der Waals surface area contributed by atoms with Crippen molar-refractivity contribution in [3.8, 4) is 0 Å². The highest BCUT2D eigenvalue weighted by Crippen LogP contribution is 2.01. The summed E-state index contributed by atoms with van der Waals surface area (Å²) < 4.78 is 17.1. The van der Waals surface area contributed by atoms with Crippen molar-refractivity contribution in [3.05, 3.63) is 0 Å². The molecule has 4 heteroatoms. The zero-order valence-corrected chi connectivity index (χ0v) is 13.0. The Kier molecular flexibility index (Phi) is 14.2. The predicted octanol–water partition coefficient (Wildman–Crippen LogP) is 3.54. The van der Waals surface area contributed by atoms with Gasteiger partial charge in [-0.3, -0.25) is 0 Å². The minimum absolute atomic E-state index is 0.762. The van der Waals surface area contributed by atoms with Crippen LogP contribution in [0.4, 0.5) is 0 Å². The standard InChI is InChI=1S/C13H30O3Si/c1-4-7-9-12-15-17(14-11-6-3)16-13-10-8-5-2/h17H,4-13H2,1-3H3. The molecule has 0 spiro atoms. The average Bonchev–Trinajstić information content (AvgIpc) is 2.35. The van der Waals surface area contributed by atoms with Gasteiger partial charge in [0.15, 0.2) is 0 Å².